The van der Waals surface area contributed by atoms with Crippen molar-refractivity contribution in [3.63, 3.8) is 0 Å². The number of hydrogen-bond donors (Lipinski definition) is 2. The highest BCUT2D eigenvalue weighted by Crippen LogP contribution is 2.50. The Hall–Kier alpha value is -1.47. The smallest absolute Gasteiger partial charge is 0.174 e. The molecule has 0 aliphatic heterocycles. The molecule has 1 fully saturated rings. The van der Waals surface area contributed by atoms with Crippen molar-refractivity contribution in [1.82, 2.24) is 0 Å². The van der Waals surface area contributed by atoms with E-state index in [-0.39, 0.29) is 5.56 Å². The van der Waals surface area contributed by atoms with Gasteiger partial charge in [-0.15, -0.1) is 0 Å². The fourth-order valence-corrected chi connectivity index (χ4v) is 2.13. The van der Waals surface area contributed by atoms with Gasteiger partial charge in [0.25, 0.3) is 0 Å². The number of phenolic OH excluding ortho intramolecular Hbond substituents is 2. The van der Waals surface area contributed by atoms with E-state index < -0.39 is 27.8 Å². The lowest BCUT2D eigenvalue weighted by Crippen LogP contribution is -2.32. The Morgan fingerprint density at radius 3 is 2.44 bits per heavy atom. The highest BCUT2D eigenvalue weighted by atomic mass is 35.5. The van der Waals surface area contributed by atoms with Gasteiger partial charge in [-0.2, -0.15) is 5.26 Å². The van der Waals surface area contributed by atoms with Crippen molar-refractivity contribution >= 4 is 11.6 Å². The van der Waals surface area contributed by atoms with Crippen LogP contribution in [0.5, 0.6) is 11.5 Å². The van der Waals surface area contributed by atoms with E-state index in [0.717, 1.165) is 12.5 Å². The van der Waals surface area contributed by atoms with Crippen LogP contribution >= 0.6 is 11.6 Å². The van der Waals surface area contributed by atoms with Gasteiger partial charge in [0, 0.05) is 5.56 Å². The van der Waals surface area contributed by atoms with Gasteiger partial charge in [0.15, 0.2) is 11.6 Å². The van der Waals surface area contributed by atoms with Crippen LogP contribution in [0.2, 0.25) is 5.02 Å². The molecular formula is C11H9ClFNO2. The van der Waals surface area contributed by atoms with Crippen LogP contribution in [0.3, 0.4) is 0 Å². The zero-order chi connectivity index (χ0) is 11.9. The quantitative estimate of drug-likeness (QED) is 0.795. The van der Waals surface area contributed by atoms with E-state index in [9.17, 15) is 14.6 Å². The second-order valence-electron chi connectivity index (χ2n) is 3.96. The minimum Gasteiger partial charge on any atom is -0.506 e. The SMILES string of the molecule is N#CC1(c2cc(F)c(O)c(Cl)c2O)CCC1. The first kappa shape index (κ1) is 11.0. The monoisotopic (exact) mass is 241 g/mol. The Labute approximate surface area is 96.7 Å². The van der Waals surface area contributed by atoms with Crippen LogP contribution in [0.15, 0.2) is 6.07 Å². The van der Waals surface area contributed by atoms with Crippen molar-refractivity contribution in [2.24, 2.45) is 0 Å². The molecule has 0 amide bonds. The predicted molar refractivity (Wildman–Crippen MR) is 55.9 cm³/mol. The summed E-state index contributed by atoms with van der Waals surface area (Å²) < 4.78 is 13.3. The van der Waals surface area contributed by atoms with Gasteiger partial charge in [0.2, 0.25) is 0 Å². The summed E-state index contributed by atoms with van der Waals surface area (Å²) in [5.74, 6) is -2.10. The summed E-state index contributed by atoms with van der Waals surface area (Å²) in [5, 5.41) is 27.6. The first-order valence-electron chi connectivity index (χ1n) is 4.83. The van der Waals surface area contributed by atoms with Crippen LogP contribution < -0.4 is 0 Å². The second-order valence-corrected chi connectivity index (χ2v) is 4.34. The number of nitriles is 1. The summed E-state index contributed by atoms with van der Waals surface area (Å²) in [6, 6.07) is 3.06. The number of phenols is 2. The Kier molecular flexibility index (Phi) is 2.43. The van der Waals surface area contributed by atoms with E-state index in [4.69, 9.17) is 16.9 Å². The number of halogens is 2. The molecule has 5 heteroatoms. The third-order valence-electron chi connectivity index (χ3n) is 3.10. The molecule has 2 N–H and O–H groups in total. The third kappa shape index (κ3) is 1.32. The highest BCUT2D eigenvalue weighted by Gasteiger charge is 2.42. The summed E-state index contributed by atoms with van der Waals surface area (Å²) in [7, 11) is 0. The van der Waals surface area contributed by atoms with E-state index in [1.165, 1.54) is 0 Å². The third-order valence-corrected chi connectivity index (χ3v) is 3.46. The molecule has 0 aromatic heterocycles. The van der Waals surface area contributed by atoms with Crippen LogP contribution in [0, 0.1) is 17.1 Å². The van der Waals surface area contributed by atoms with E-state index in [0.29, 0.717) is 12.8 Å². The largest absolute Gasteiger partial charge is 0.506 e. The Morgan fingerprint density at radius 2 is 2.00 bits per heavy atom. The van der Waals surface area contributed by atoms with Crippen LogP contribution in [0.25, 0.3) is 0 Å². The summed E-state index contributed by atoms with van der Waals surface area (Å²) in [6.45, 7) is 0. The molecule has 0 saturated heterocycles. The molecule has 0 atom stereocenters. The first-order valence-corrected chi connectivity index (χ1v) is 5.21. The molecule has 0 heterocycles. The molecule has 84 valence electrons. The molecule has 1 aliphatic rings. The lowest BCUT2D eigenvalue weighted by molar-refractivity contribution is 0.308. The summed E-state index contributed by atoms with van der Waals surface area (Å²) in [6.07, 6.45) is 1.99. The van der Waals surface area contributed by atoms with E-state index in [1.807, 2.05) is 0 Å². The molecule has 0 spiro atoms. The fraction of sp³-hybridized carbons (Fsp3) is 0.364. The Balaban J connectivity index is 2.63. The molecule has 0 bridgehead atoms. The average molecular weight is 242 g/mol. The van der Waals surface area contributed by atoms with Crippen LogP contribution in [-0.2, 0) is 5.41 Å². The van der Waals surface area contributed by atoms with Gasteiger partial charge in [-0.3, -0.25) is 0 Å². The van der Waals surface area contributed by atoms with E-state index in [1.54, 1.807) is 0 Å². The molecular weight excluding hydrogens is 233 g/mol. The van der Waals surface area contributed by atoms with E-state index >= 15 is 0 Å². The molecule has 1 aromatic carbocycles. The van der Waals surface area contributed by atoms with Crippen LogP contribution in [-0.4, -0.2) is 10.2 Å². The Bertz CT molecular complexity index is 492. The zero-order valence-corrected chi connectivity index (χ0v) is 9.05. The minimum atomic E-state index is -0.917. The van der Waals surface area contributed by atoms with Gasteiger partial charge in [-0.1, -0.05) is 11.6 Å². The molecule has 1 aliphatic carbocycles. The van der Waals surface area contributed by atoms with Crippen molar-refractivity contribution < 1.29 is 14.6 Å². The van der Waals surface area contributed by atoms with Crippen molar-refractivity contribution in [3.8, 4) is 17.6 Å². The molecule has 3 nitrogen and oxygen atoms in total. The van der Waals surface area contributed by atoms with E-state index in [2.05, 4.69) is 6.07 Å². The van der Waals surface area contributed by atoms with Gasteiger partial charge in [0.05, 0.1) is 11.5 Å². The summed E-state index contributed by atoms with van der Waals surface area (Å²) in [4.78, 5) is 0. The van der Waals surface area contributed by atoms with Crippen LogP contribution in [0.4, 0.5) is 4.39 Å². The topological polar surface area (TPSA) is 64.2 Å². The Morgan fingerprint density at radius 1 is 1.38 bits per heavy atom. The second kappa shape index (κ2) is 3.53. The zero-order valence-electron chi connectivity index (χ0n) is 8.30. The molecule has 0 radical (unpaired) electrons. The van der Waals surface area contributed by atoms with Crippen molar-refractivity contribution in [1.29, 1.82) is 5.26 Å². The maximum atomic E-state index is 13.3. The number of benzene rings is 1. The molecule has 1 saturated carbocycles. The normalized spacial score (nSPS) is 17.6. The van der Waals surface area contributed by atoms with Crippen LogP contribution in [0.1, 0.15) is 24.8 Å². The predicted octanol–water partition coefficient (Wildman–Crippen LogP) is 2.84. The minimum absolute atomic E-state index is 0.168. The number of aromatic hydroxyl groups is 2. The highest BCUT2D eigenvalue weighted by molar-refractivity contribution is 6.33. The van der Waals surface area contributed by atoms with Crippen molar-refractivity contribution in [2.75, 3.05) is 0 Å². The molecule has 1 aromatic rings. The van der Waals surface area contributed by atoms with Gasteiger partial charge in [0.1, 0.15) is 10.8 Å². The maximum Gasteiger partial charge on any atom is 0.174 e. The summed E-state index contributed by atoms with van der Waals surface area (Å²) >= 11 is 5.58. The maximum absolute atomic E-state index is 13.3. The lowest BCUT2D eigenvalue weighted by atomic mass is 9.65. The van der Waals surface area contributed by atoms with Gasteiger partial charge in [-0.05, 0) is 25.3 Å². The summed E-state index contributed by atoms with van der Waals surface area (Å²) in [5.41, 5.74) is -0.691. The first-order chi connectivity index (χ1) is 7.52. The molecule has 0 unspecified atom stereocenters. The van der Waals surface area contributed by atoms with Gasteiger partial charge in [-0.25, -0.2) is 4.39 Å². The molecule has 16 heavy (non-hydrogen) atoms. The standard InChI is InChI=1S/C11H9ClFNO2/c12-8-9(15)6(4-7(13)10(8)16)11(5-14)2-1-3-11/h4,15-16H,1-3H2. The number of nitrogens with zero attached hydrogens (tertiary/aromatic N) is 1. The van der Waals surface area contributed by atoms with Crippen molar-refractivity contribution in [3.05, 3.63) is 22.5 Å². The average Bonchev–Trinajstić information content (AvgIpc) is 2.21. The van der Waals surface area contributed by atoms with Gasteiger partial charge < -0.3 is 10.2 Å². The lowest BCUT2D eigenvalue weighted by Gasteiger charge is -2.36. The number of hydrogen-bond acceptors (Lipinski definition) is 3. The van der Waals surface area contributed by atoms with Gasteiger partial charge >= 0.3 is 0 Å². The fourth-order valence-electron chi connectivity index (χ4n) is 1.94. The van der Waals surface area contributed by atoms with Crippen molar-refractivity contribution in [2.45, 2.75) is 24.7 Å². The number of rotatable bonds is 1. The molecule has 2 rings (SSSR count).